The Labute approximate surface area is 98.6 Å². The normalized spacial score (nSPS) is 25.8. The predicted molar refractivity (Wildman–Crippen MR) is 66.2 cm³/mol. The van der Waals surface area contributed by atoms with Crippen molar-refractivity contribution in [2.75, 3.05) is 20.6 Å². The third-order valence-electron chi connectivity index (χ3n) is 3.56. The van der Waals surface area contributed by atoms with Crippen molar-refractivity contribution in [3.8, 4) is 0 Å². The molecule has 16 heavy (non-hydrogen) atoms. The van der Waals surface area contributed by atoms with Crippen molar-refractivity contribution in [3.05, 3.63) is 0 Å². The van der Waals surface area contributed by atoms with Crippen molar-refractivity contribution < 1.29 is 4.79 Å². The van der Waals surface area contributed by atoms with E-state index in [4.69, 9.17) is 5.73 Å². The van der Waals surface area contributed by atoms with Crippen molar-refractivity contribution >= 4 is 5.91 Å². The van der Waals surface area contributed by atoms with E-state index in [1.54, 1.807) is 7.05 Å². The fourth-order valence-corrected chi connectivity index (χ4v) is 2.34. The number of amides is 1. The number of hydrogen-bond donors (Lipinski definition) is 2. The van der Waals surface area contributed by atoms with Crippen LogP contribution in [-0.2, 0) is 4.79 Å². The van der Waals surface area contributed by atoms with E-state index in [9.17, 15) is 4.79 Å². The maximum atomic E-state index is 11.1. The van der Waals surface area contributed by atoms with Crippen molar-refractivity contribution in [1.82, 2.24) is 10.2 Å². The van der Waals surface area contributed by atoms with Crippen LogP contribution >= 0.6 is 0 Å². The third-order valence-corrected chi connectivity index (χ3v) is 3.56. The Balaban J connectivity index is 2.14. The van der Waals surface area contributed by atoms with Crippen LogP contribution in [0.15, 0.2) is 0 Å². The van der Waals surface area contributed by atoms with Crippen molar-refractivity contribution in [2.45, 2.75) is 50.6 Å². The number of nitrogens with one attached hydrogen (secondary N) is 1. The molecule has 0 heterocycles. The molecule has 0 bridgehead atoms. The van der Waals surface area contributed by atoms with E-state index in [-0.39, 0.29) is 5.91 Å². The molecule has 0 spiro atoms. The Morgan fingerprint density at radius 3 is 2.56 bits per heavy atom. The Morgan fingerprint density at radius 2 is 2.00 bits per heavy atom. The molecule has 3 N–H and O–H groups in total. The van der Waals surface area contributed by atoms with Crippen LogP contribution < -0.4 is 11.1 Å². The number of carbonyl (C=O) groups excluding carboxylic acids is 1. The summed E-state index contributed by atoms with van der Waals surface area (Å²) in [4.78, 5) is 13.5. The molecule has 1 aliphatic rings. The smallest absolute Gasteiger partial charge is 0.219 e. The third kappa shape index (κ3) is 4.49. The van der Waals surface area contributed by atoms with E-state index in [1.165, 1.54) is 12.8 Å². The minimum absolute atomic E-state index is 0.138. The Hall–Kier alpha value is -0.610. The van der Waals surface area contributed by atoms with E-state index >= 15 is 0 Å². The molecule has 4 heteroatoms. The lowest BCUT2D eigenvalue weighted by Gasteiger charge is -2.33. The summed E-state index contributed by atoms with van der Waals surface area (Å²) >= 11 is 0. The van der Waals surface area contributed by atoms with Gasteiger partial charge in [-0.2, -0.15) is 0 Å². The molecule has 1 amide bonds. The summed E-state index contributed by atoms with van der Waals surface area (Å²) in [5, 5.41) is 2.65. The Bertz CT molecular complexity index is 212. The molecule has 0 aromatic carbocycles. The highest BCUT2D eigenvalue weighted by Crippen LogP contribution is 2.21. The van der Waals surface area contributed by atoms with Crippen LogP contribution in [0.4, 0.5) is 0 Å². The molecule has 0 aromatic rings. The molecule has 1 fully saturated rings. The molecule has 0 unspecified atom stereocenters. The van der Waals surface area contributed by atoms with Gasteiger partial charge in [0.1, 0.15) is 0 Å². The van der Waals surface area contributed by atoms with Crippen molar-refractivity contribution in [2.24, 2.45) is 5.73 Å². The first-order valence-corrected chi connectivity index (χ1v) is 6.30. The van der Waals surface area contributed by atoms with Crippen LogP contribution in [0.3, 0.4) is 0 Å². The van der Waals surface area contributed by atoms with Gasteiger partial charge in [-0.25, -0.2) is 0 Å². The van der Waals surface area contributed by atoms with Gasteiger partial charge in [-0.3, -0.25) is 4.79 Å². The second-order valence-corrected chi connectivity index (χ2v) is 4.83. The van der Waals surface area contributed by atoms with Gasteiger partial charge in [-0.15, -0.1) is 0 Å². The molecular formula is C12H25N3O. The summed E-state index contributed by atoms with van der Waals surface area (Å²) in [6, 6.07) is 1.08. The fraction of sp³-hybridized carbons (Fsp3) is 0.917. The van der Waals surface area contributed by atoms with E-state index in [0.29, 0.717) is 18.5 Å². The topological polar surface area (TPSA) is 58.4 Å². The van der Waals surface area contributed by atoms with Gasteiger partial charge in [-0.1, -0.05) is 0 Å². The van der Waals surface area contributed by atoms with Crippen molar-refractivity contribution in [1.29, 1.82) is 0 Å². The summed E-state index contributed by atoms with van der Waals surface area (Å²) in [6.07, 6.45) is 6.27. The monoisotopic (exact) mass is 227 g/mol. The van der Waals surface area contributed by atoms with Crippen LogP contribution in [0.2, 0.25) is 0 Å². The van der Waals surface area contributed by atoms with Crippen LogP contribution in [0.25, 0.3) is 0 Å². The van der Waals surface area contributed by atoms with Crippen molar-refractivity contribution in [3.63, 3.8) is 0 Å². The minimum Gasteiger partial charge on any atom is -0.359 e. The quantitative estimate of drug-likeness (QED) is 0.727. The molecule has 0 aromatic heterocycles. The van der Waals surface area contributed by atoms with Crippen LogP contribution in [0, 0.1) is 0 Å². The number of rotatable bonds is 5. The average Bonchev–Trinajstić information content (AvgIpc) is 2.29. The lowest BCUT2D eigenvalue weighted by Crippen LogP contribution is -2.39. The van der Waals surface area contributed by atoms with Crippen LogP contribution in [0.1, 0.15) is 38.5 Å². The number of nitrogens with zero attached hydrogens (tertiary/aromatic N) is 1. The largest absolute Gasteiger partial charge is 0.359 e. The molecule has 4 nitrogen and oxygen atoms in total. The van der Waals surface area contributed by atoms with E-state index in [0.717, 1.165) is 25.8 Å². The van der Waals surface area contributed by atoms with Gasteiger partial charge in [0.05, 0.1) is 0 Å². The zero-order chi connectivity index (χ0) is 12.0. The molecule has 1 aliphatic carbocycles. The molecular weight excluding hydrogens is 202 g/mol. The molecule has 1 rings (SSSR count). The van der Waals surface area contributed by atoms with Gasteiger partial charge in [0.2, 0.25) is 5.91 Å². The van der Waals surface area contributed by atoms with Gasteiger partial charge in [0, 0.05) is 25.6 Å². The predicted octanol–water partition coefficient (Wildman–Crippen LogP) is 0.714. The SMILES string of the molecule is CNC(=O)CCCN(C)C1CCC(N)CC1. The summed E-state index contributed by atoms with van der Waals surface area (Å²) in [5.41, 5.74) is 5.88. The first kappa shape index (κ1) is 13.5. The highest BCUT2D eigenvalue weighted by molar-refractivity contribution is 5.75. The highest BCUT2D eigenvalue weighted by atomic mass is 16.1. The lowest BCUT2D eigenvalue weighted by molar-refractivity contribution is -0.120. The molecule has 0 saturated heterocycles. The fourth-order valence-electron chi connectivity index (χ4n) is 2.34. The Kier molecular flexibility index (Phi) is 5.77. The van der Waals surface area contributed by atoms with Crippen LogP contribution in [0.5, 0.6) is 0 Å². The summed E-state index contributed by atoms with van der Waals surface area (Å²) < 4.78 is 0. The second-order valence-electron chi connectivity index (χ2n) is 4.83. The van der Waals surface area contributed by atoms with Gasteiger partial charge in [0.15, 0.2) is 0 Å². The van der Waals surface area contributed by atoms with E-state index < -0.39 is 0 Å². The number of hydrogen-bond acceptors (Lipinski definition) is 3. The van der Waals surface area contributed by atoms with E-state index in [1.807, 2.05) is 0 Å². The summed E-state index contributed by atoms with van der Waals surface area (Å²) in [7, 11) is 3.85. The maximum Gasteiger partial charge on any atom is 0.219 e. The van der Waals surface area contributed by atoms with E-state index in [2.05, 4.69) is 17.3 Å². The van der Waals surface area contributed by atoms with Gasteiger partial charge in [0.25, 0.3) is 0 Å². The molecule has 0 aliphatic heterocycles. The number of nitrogens with two attached hydrogens (primary N) is 1. The second kappa shape index (κ2) is 6.86. The standard InChI is InChI=1S/C12H25N3O/c1-14-12(16)4-3-9-15(2)11-7-5-10(13)6-8-11/h10-11H,3-9,13H2,1-2H3,(H,14,16). The first-order chi connectivity index (χ1) is 7.63. The summed E-state index contributed by atoms with van der Waals surface area (Å²) in [5.74, 6) is 0.138. The molecule has 0 radical (unpaired) electrons. The van der Waals surface area contributed by atoms with Gasteiger partial charge < -0.3 is 16.0 Å². The average molecular weight is 227 g/mol. The maximum absolute atomic E-state index is 11.1. The zero-order valence-corrected chi connectivity index (χ0v) is 10.5. The zero-order valence-electron chi connectivity index (χ0n) is 10.5. The van der Waals surface area contributed by atoms with Gasteiger partial charge >= 0.3 is 0 Å². The minimum atomic E-state index is 0.138. The number of carbonyl (C=O) groups is 1. The Morgan fingerprint density at radius 1 is 1.38 bits per heavy atom. The first-order valence-electron chi connectivity index (χ1n) is 6.30. The lowest BCUT2D eigenvalue weighted by atomic mass is 9.91. The van der Waals surface area contributed by atoms with Gasteiger partial charge in [-0.05, 0) is 45.7 Å². The molecule has 0 atom stereocenters. The van der Waals surface area contributed by atoms with Crippen LogP contribution in [-0.4, -0.2) is 43.5 Å². The summed E-state index contributed by atoms with van der Waals surface area (Å²) in [6.45, 7) is 1.01. The highest BCUT2D eigenvalue weighted by Gasteiger charge is 2.21. The molecule has 1 saturated carbocycles. The molecule has 94 valence electrons.